The minimum absolute atomic E-state index is 0.0479. The summed E-state index contributed by atoms with van der Waals surface area (Å²) in [5.41, 5.74) is 2.61. The van der Waals surface area contributed by atoms with Crippen LogP contribution in [-0.2, 0) is 24.0 Å². The Hall–Kier alpha value is -2.90. The summed E-state index contributed by atoms with van der Waals surface area (Å²) in [6.07, 6.45) is 4.24. The van der Waals surface area contributed by atoms with Crippen molar-refractivity contribution in [2.75, 3.05) is 7.05 Å². The van der Waals surface area contributed by atoms with Gasteiger partial charge in [0.2, 0.25) is 5.91 Å². The van der Waals surface area contributed by atoms with E-state index in [-0.39, 0.29) is 42.5 Å². The van der Waals surface area contributed by atoms with Crippen molar-refractivity contribution in [1.29, 1.82) is 0 Å². The molecular formula is C34H42Cl2N2O5. The first-order valence-corrected chi connectivity index (χ1v) is 15.9. The summed E-state index contributed by atoms with van der Waals surface area (Å²) in [7, 11) is 1.89. The molecule has 1 heterocycles. The Morgan fingerprint density at radius 3 is 2.12 bits per heavy atom. The van der Waals surface area contributed by atoms with Crippen LogP contribution in [0.5, 0.6) is 0 Å². The van der Waals surface area contributed by atoms with Gasteiger partial charge in [0.05, 0.1) is 22.5 Å². The van der Waals surface area contributed by atoms with Gasteiger partial charge in [-0.3, -0.25) is 14.4 Å². The van der Waals surface area contributed by atoms with Crippen molar-refractivity contribution in [1.82, 2.24) is 9.96 Å². The summed E-state index contributed by atoms with van der Waals surface area (Å²) in [6, 6.07) is 14.1. The first-order chi connectivity index (χ1) is 20.3. The zero-order chi connectivity index (χ0) is 31.5. The van der Waals surface area contributed by atoms with Crippen LogP contribution in [0.2, 0.25) is 10.0 Å². The maximum absolute atomic E-state index is 13.9. The molecule has 1 saturated heterocycles. The van der Waals surface area contributed by atoms with Crippen molar-refractivity contribution < 1.29 is 24.0 Å². The van der Waals surface area contributed by atoms with E-state index < -0.39 is 23.2 Å². The maximum Gasteiger partial charge on any atom is 0.333 e. The van der Waals surface area contributed by atoms with Crippen molar-refractivity contribution in [2.24, 2.45) is 10.8 Å². The number of hydrogen-bond donors (Lipinski definition) is 0. The molecule has 4 atom stereocenters. The van der Waals surface area contributed by atoms with Crippen molar-refractivity contribution in [3.63, 3.8) is 0 Å². The predicted octanol–water partition coefficient (Wildman–Crippen LogP) is 8.03. The van der Waals surface area contributed by atoms with E-state index >= 15 is 0 Å². The van der Waals surface area contributed by atoms with Crippen molar-refractivity contribution in [3.05, 3.63) is 69.2 Å². The Morgan fingerprint density at radius 1 is 0.907 bits per heavy atom. The second kappa shape index (κ2) is 13.4. The van der Waals surface area contributed by atoms with Crippen molar-refractivity contribution in [2.45, 2.75) is 97.4 Å². The molecule has 0 saturated carbocycles. The van der Waals surface area contributed by atoms with Gasteiger partial charge in [-0.2, -0.15) is 0 Å². The molecule has 1 aliphatic heterocycles. The average Bonchev–Trinajstić information content (AvgIpc) is 3.29. The summed E-state index contributed by atoms with van der Waals surface area (Å²) < 4.78 is 0. The minimum atomic E-state index is -0.606. The number of fused-ring (bicyclic) bond motifs is 1. The molecule has 7 nitrogen and oxygen atoms in total. The van der Waals surface area contributed by atoms with E-state index in [1.165, 1.54) is 5.56 Å². The van der Waals surface area contributed by atoms with Crippen LogP contribution < -0.4 is 0 Å². The first-order valence-electron chi connectivity index (χ1n) is 15.2. The highest BCUT2D eigenvalue weighted by molar-refractivity contribution is 6.42. The molecule has 232 valence electrons. The van der Waals surface area contributed by atoms with E-state index in [2.05, 4.69) is 26.0 Å². The molecule has 0 aromatic heterocycles. The quantitative estimate of drug-likeness (QED) is 0.235. The number of hydroxylamine groups is 2. The Balaban J connectivity index is 1.46. The Bertz CT molecular complexity index is 1380. The van der Waals surface area contributed by atoms with Crippen LogP contribution in [0, 0.1) is 10.8 Å². The van der Waals surface area contributed by atoms with E-state index in [9.17, 15) is 19.2 Å². The smallest absolute Gasteiger partial charge is 0.333 e. The molecule has 9 heteroatoms. The molecule has 1 fully saturated rings. The monoisotopic (exact) mass is 628 g/mol. The number of benzene rings is 2. The molecule has 0 radical (unpaired) electrons. The maximum atomic E-state index is 13.9. The number of rotatable bonds is 11. The molecule has 0 N–H and O–H groups in total. The highest BCUT2D eigenvalue weighted by Gasteiger charge is 2.40. The molecule has 2 unspecified atom stereocenters. The second-order valence-electron chi connectivity index (χ2n) is 12.9. The SMILES string of the molecule is CCC(C)(CC(=O)ON1C(=O)CCC1=O)CC(C)(CC)CC(=O)N(C)[C@@H]1CC[C@H](c2ccc(Cl)c(Cl)c2)c2ccccc21. The van der Waals surface area contributed by atoms with Crippen molar-refractivity contribution >= 4 is 46.9 Å². The molecule has 43 heavy (non-hydrogen) atoms. The van der Waals surface area contributed by atoms with E-state index in [0.29, 0.717) is 34.4 Å². The summed E-state index contributed by atoms with van der Waals surface area (Å²) in [6.45, 7) is 8.18. The van der Waals surface area contributed by atoms with Gasteiger partial charge in [0.25, 0.3) is 11.8 Å². The van der Waals surface area contributed by atoms with Gasteiger partial charge in [0.1, 0.15) is 0 Å². The number of amides is 3. The normalized spacial score (nSPS) is 21.1. The third-order valence-corrected chi connectivity index (χ3v) is 10.3. The second-order valence-corrected chi connectivity index (χ2v) is 13.7. The zero-order valence-electron chi connectivity index (χ0n) is 25.8. The molecule has 0 bridgehead atoms. The number of carbonyl (C=O) groups is 4. The Labute approximate surface area is 264 Å². The van der Waals surface area contributed by atoms with Gasteiger partial charge in [0.15, 0.2) is 0 Å². The van der Waals surface area contributed by atoms with Crippen LogP contribution in [0.25, 0.3) is 0 Å². The molecular weight excluding hydrogens is 587 g/mol. The van der Waals surface area contributed by atoms with Gasteiger partial charge in [-0.15, -0.1) is 5.06 Å². The molecule has 2 aromatic carbocycles. The first kappa shape index (κ1) is 33.0. The summed E-state index contributed by atoms with van der Waals surface area (Å²) >= 11 is 12.5. The average molecular weight is 630 g/mol. The highest BCUT2D eigenvalue weighted by atomic mass is 35.5. The molecule has 2 aliphatic rings. The lowest BCUT2D eigenvalue weighted by atomic mass is 9.67. The van der Waals surface area contributed by atoms with Gasteiger partial charge in [0, 0.05) is 32.2 Å². The number of nitrogens with zero attached hydrogens (tertiary/aromatic N) is 2. The van der Waals surface area contributed by atoms with Gasteiger partial charge in [-0.25, -0.2) is 4.79 Å². The molecule has 3 amide bonds. The summed E-state index contributed by atoms with van der Waals surface area (Å²) in [5, 5.41) is 1.67. The van der Waals surface area contributed by atoms with E-state index in [4.69, 9.17) is 28.0 Å². The van der Waals surface area contributed by atoms with Crippen LogP contribution in [0.15, 0.2) is 42.5 Å². The largest absolute Gasteiger partial charge is 0.339 e. The Kier molecular flexibility index (Phi) is 10.3. The van der Waals surface area contributed by atoms with Crippen LogP contribution in [0.1, 0.15) is 114 Å². The molecule has 4 rings (SSSR count). The summed E-state index contributed by atoms with van der Waals surface area (Å²) in [5.74, 6) is -1.35. The molecule has 2 aromatic rings. The lowest BCUT2D eigenvalue weighted by Gasteiger charge is -2.41. The van der Waals surface area contributed by atoms with Crippen LogP contribution in [0.3, 0.4) is 0 Å². The predicted molar refractivity (Wildman–Crippen MR) is 167 cm³/mol. The third kappa shape index (κ3) is 7.43. The number of carbonyl (C=O) groups excluding carboxylic acids is 4. The number of halogens is 2. The van der Waals surface area contributed by atoms with Gasteiger partial charge >= 0.3 is 5.97 Å². The van der Waals surface area contributed by atoms with Gasteiger partial charge < -0.3 is 9.74 Å². The third-order valence-electron chi connectivity index (χ3n) is 9.57. The highest BCUT2D eigenvalue weighted by Crippen LogP contribution is 2.47. The van der Waals surface area contributed by atoms with Crippen LogP contribution >= 0.6 is 23.2 Å². The van der Waals surface area contributed by atoms with E-state index in [0.717, 1.165) is 30.4 Å². The standard InChI is InChI=1S/C34H42Cl2N2O5/c1-6-33(3,21-34(4,7-2)20-32(42)43-38-29(39)16-17-30(38)40)19-31(41)37(5)28-15-13-23(24-10-8-9-11-25(24)28)22-12-14-26(35)27(36)18-22/h8-12,14,18,23,28H,6-7,13,15-17,19-21H2,1-5H3/t23-,28-,33?,34?/m1/s1. The Morgan fingerprint density at radius 2 is 1.51 bits per heavy atom. The fourth-order valence-electron chi connectivity index (χ4n) is 6.70. The number of imide groups is 1. The van der Waals surface area contributed by atoms with Crippen LogP contribution in [0.4, 0.5) is 0 Å². The fourth-order valence-corrected chi connectivity index (χ4v) is 7.01. The molecule has 0 spiro atoms. The van der Waals surface area contributed by atoms with E-state index in [1.807, 2.05) is 56.1 Å². The topological polar surface area (TPSA) is 84.0 Å². The van der Waals surface area contributed by atoms with Crippen molar-refractivity contribution in [3.8, 4) is 0 Å². The lowest BCUT2D eigenvalue weighted by Crippen LogP contribution is -2.39. The van der Waals surface area contributed by atoms with E-state index in [1.54, 1.807) is 0 Å². The van der Waals surface area contributed by atoms with Gasteiger partial charge in [-0.1, -0.05) is 94.1 Å². The summed E-state index contributed by atoms with van der Waals surface area (Å²) in [4.78, 5) is 57.6. The zero-order valence-corrected chi connectivity index (χ0v) is 27.3. The van der Waals surface area contributed by atoms with Crippen LogP contribution in [-0.4, -0.2) is 40.7 Å². The lowest BCUT2D eigenvalue weighted by molar-refractivity contribution is -0.199. The molecule has 1 aliphatic carbocycles. The minimum Gasteiger partial charge on any atom is -0.339 e. The fraction of sp³-hybridized carbons (Fsp3) is 0.529. The number of hydrogen-bond acceptors (Lipinski definition) is 5. The van der Waals surface area contributed by atoms with Gasteiger partial charge in [-0.05, 0) is 58.9 Å².